The summed E-state index contributed by atoms with van der Waals surface area (Å²) in [7, 11) is 0. The number of rotatable bonds is 8. The van der Waals surface area contributed by atoms with Gasteiger partial charge in [-0.3, -0.25) is 9.36 Å². The summed E-state index contributed by atoms with van der Waals surface area (Å²) in [4.78, 5) is 11.8. The van der Waals surface area contributed by atoms with Crippen LogP contribution in [0.15, 0.2) is 65.8 Å². The van der Waals surface area contributed by atoms with Gasteiger partial charge < -0.3 is 5.32 Å². The predicted molar refractivity (Wildman–Crippen MR) is 108 cm³/mol. The Morgan fingerprint density at radius 2 is 1.74 bits per heavy atom. The van der Waals surface area contributed by atoms with Crippen LogP contribution in [-0.2, 0) is 4.79 Å². The summed E-state index contributed by atoms with van der Waals surface area (Å²) in [6.07, 6.45) is 3.64. The third kappa shape index (κ3) is 4.57. The number of benzene rings is 2. The zero-order chi connectivity index (χ0) is 18.5. The molecule has 1 aliphatic rings. The molecule has 1 fully saturated rings. The maximum Gasteiger partial charge on any atom is 0.220 e. The fraction of sp³-hybridized carbons (Fsp3) is 0.286. The molecule has 138 valence electrons. The topological polar surface area (TPSA) is 59.8 Å². The Bertz CT molecular complexity index is 891. The van der Waals surface area contributed by atoms with Crippen LogP contribution in [0, 0.1) is 0 Å². The Balaban J connectivity index is 1.48. The van der Waals surface area contributed by atoms with E-state index in [9.17, 15) is 4.79 Å². The lowest BCUT2D eigenvalue weighted by Crippen LogP contribution is -2.25. The number of para-hydroxylation sites is 1. The highest BCUT2D eigenvalue weighted by atomic mass is 32.2. The van der Waals surface area contributed by atoms with E-state index < -0.39 is 0 Å². The standard InChI is InChI=1S/C21H22N4OS/c26-19(22-17-13-14-17)12-7-15-27-21-24-23-20(16-8-3-1-4-9-16)25(21)18-10-5-2-6-11-18/h1-6,8-11,17H,7,12-15H2,(H,22,26). The van der Waals surface area contributed by atoms with Crippen molar-refractivity contribution in [1.82, 2.24) is 20.1 Å². The number of nitrogens with one attached hydrogen (secondary N) is 1. The highest BCUT2D eigenvalue weighted by Gasteiger charge is 2.22. The number of thioether (sulfide) groups is 1. The fourth-order valence-corrected chi connectivity index (χ4v) is 3.76. The molecule has 27 heavy (non-hydrogen) atoms. The van der Waals surface area contributed by atoms with Gasteiger partial charge in [-0.15, -0.1) is 10.2 Å². The summed E-state index contributed by atoms with van der Waals surface area (Å²) in [5.41, 5.74) is 2.07. The van der Waals surface area contributed by atoms with Crippen LogP contribution in [-0.4, -0.2) is 32.5 Å². The molecule has 0 bridgehead atoms. The molecule has 0 atom stereocenters. The van der Waals surface area contributed by atoms with Crippen LogP contribution in [0.5, 0.6) is 0 Å². The first-order valence-corrected chi connectivity index (χ1v) is 10.3. The summed E-state index contributed by atoms with van der Waals surface area (Å²) in [5, 5.41) is 12.7. The van der Waals surface area contributed by atoms with E-state index in [4.69, 9.17) is 0 Å². The van der Waals surface area contributed by atoms with E-state index in [0.717, 1.165) is 47.2 Å². The van der Waals surface area contributed by atoms with Crippen molar-refractivity contribution in [2.45, 2.75) is 36.9 Å². The Kier molecular flexibility index (Phi) is 5.53. The van der Waals surface area contributed by atoms with Gasteiger partial charge in [0, 0.05) is 29.5 Å². The minimum atomic E-state index is 0.160. The van der Waals surface area contributed by atoms with Crippen molar-refractivity contribution in [3.05, 3.63) is 60.7 Å². The maximum atomic E-state index is 11.8. The molecular formula is C21H22N4OS. The summed E-state index contributed by atoms with van der Waals surface area (Å²) in [6, 6.07) is 20.7. The number of nitrogens with zero attached hydrogens (tertiary/aromatic N) is 3. The lowest BCUT2D eigenvalue weighted by atomic mass is 10.2. The van der Waals surface area contributed by atoms with Crippen molar-refractivity contribution in [2.75, 3.05) is 5.75 Å². The van der Waals surface area contributed by atoms with Crippen LogP contribution in [0.4, 0.5) is 0 Å². The number of carbonyl (C=O) groups excluding carboxylic acids is 1. The first-order valence-electron chi connectivity index (χ1n) is 9.30. The van der Waals surface area contributed by atoms with Crippen LogP contribution in [0.3, 0.4) is 0 Å². The van der Waals surface area contributed by atoms with Crippen molar-refractivity contribution < 1.29 is 4.79 Å². The summed E-state index contributed by atoms with van der Waals surface area (Å²) in [6.45, 7) is 0. The average Bonchev–Trinajstić information content (AvgIpc) is 3.42. The second kappa shape index (κ2) is 8.39. The van der Waals surface area contributed by atoms with E-state index in [-0.39, 0.29) is 5.91 Å². The van der Waals surface area contributed by atoms with Gasteiger partial charge in [0.05, 0.1) is 0 Å². The van der Waals surface area contributed by atoms with Crippen LogP contribution in [0.1, 0.15) is 25.7 Å². The summed E-state index contributed by atoms with van der Waals surface area (Å²) in [5.74, 6) is 1.82. The average molecular weight is 379 g/mol. The highest BCUT2D eigenvalue weighted by Crippen LogP contribution is 2.28. The van der Waals surface area contributed by atoms with E-state index in [1.165, 1.54) is 0 Å². The van der Waals surface area contributed by atoms with Crippen LogP contribution >= 0.6 is 11.8 Å². The Morgan fingerprint density at radius 1 is 1.04 bits per heavy atom. The first kappa shape index (κ1) is 17.8. The Labute approximate surface area is 163 Å². The van der Waals surface area contributed by atoms with Gasteiger partial charge in [0.2, 0.25) is 5.91 Å². The smallest absolute Gasteiger partial charge is 0.220 e. The molecule has 1 saturated carbocycles. The van der Waals surface area contributed by atoms with Gasteiger partial charge in [-0.1, -0.05) is 60.3 Å². The highest BCUT2D eigenvalue weighted by molar-refractivity contribution is 7.99. The number of hydrogen-bond donors (Lipinski definition) is 1. The van der Waals surface area contributed by atoms with Crippen molar-refractivity contribution in [3.8, 4) is 17.1 Å². The van der Waals surface area contributed by atoms with E-state index in [0.29, 0.717) is 12.5 Å². The first-order chi connectivity index (χ1) is 13.3. The molecule has 2 aromatic carbocycles. The third-order valence-corrected chi connectivity index (χ3v) is 5.42. The normalized spacial score (nSPS) is 13.5. The zero-order valence-electron chi connectivity index (χ0n) is 15.0. The molecule has 0 aliphatic heterocycles. The molecule has 4 rings (SSSR count). The summed E-state index contributed by atoms with van der Waals surface area (Å²) < 4.78 is 2.09. The van der Waals surface area contributed by atoms with E-state index in [2.05, 4.69) is 32.2 Å². The quantitative estimate of drug-likeness (QED) is 0.474. The van der Waals surface area contributed by atoms with Gasteiger partial charge in [0.1, 0.15) is 0 Å². The minimum absolute atomic E-state index is 0.160. The monoisotopic (exact) mass is 378 g/mol. The molecule has 3 aromatic rings. The van der Waals surface area contributed by atoms with Crippen molar-refractivity contribution in [1.29, 1.82) is 0 Å². The van der Waals surface area contributed by atoms with Crippen molar-refractivity contribution in [2.24, 2.45) is 0 Å². The third-order valence-electron chi connectivity index (χ3n) is 4.40. The van der Waals surface area contributed by atoms with Gasteiger partial charge in [-0.25, -0.2) is 0 Å². The number of carbonyl (C=O) groups is 1. The molecular weight excluding hydrogens is 356 g/mol. The van der Waals surface area contributed by atoms with Gasteiger partial charge >= 0.3 is 0 Å². The second-order valence-electron chi connectivity index (χ2n) is 6.64. The molecule has 1 aromatic heterocycles. The minimum Gasteiger partial charge on any atom is -0.353 e. The molecule has 0 saturated heterocycles. The van der Waals surface area contributed by atoms with Crippen LogP contribution < -0.4 is 5.32 Å². The molecule has 0 radical (unpaired) electrons. The van der Waals surface area contributed by atoms with Gasteiger partial charge in [0.25, 0.3) is 0 Å². The number of amides is 1. The molecule has 1 aliphatic carbocycles. The molecule has 0 unspecified atom stereocenters. The van der Waals surface area contributed by atoms with Crippen molar-refractivity contribution >= 4 is 17.7 Å². The number of hydrogen-bond acceptors (Lipinski definition) is 4. The molecule has 1 amide bonds. The van der Waals surface area contributed by atoms with Gasteiger partial charge in [0.15, 0.2) is 11.0 Å². The largest absolute Gasteiger partial charge is 0.353 e. The maximum absolute atomic E-state index is 11.8. The molecule has 5 nitrogen and oxygen atoms in total. The Hall–Kier alpha value is -2.60. The van der Waals surface area contributed by atoms with E-state index >= 15 is 0 Å². The molecule has 1 heterocycles. The molecule has 6 heteroatoms. The second-order valence-corrected chi connectivity index (χ2v) is 7.70. The lowest BCUT2D eigenvalue weighted by molar-refractivity contribution is -0.121. The predicted octanol–water partition coefficient (Wildman–Crippen LogP) is 4.09. The number of aromatic nitrogens is 3. The van der Waals surface area contributed by atoms with Gasteiger partial charge in [-0.05, 0) is 31.4 Å². The Morgan fingerprint density at radius 3 is 2.44 bits per heavy atom. The van der Waals surface area contributed by atoms with Crippen LogP contribution in [0.25, 0.3) is 17.1 Å². The summed E-state index contributed by atoms with van der Waals surface area (Å²) >= 11 is 1.64. The van der Waals surface area contributed by atoms with Crippen LogP contribution in [0.2, 0.25) is 0 Å². The fourth-order valence-electron chi connectivity index (χ4n) is 2.87. The van der Waals surface area contributed by atoms with Crippen molar-refractivity contribution in [3.63, 3.8) is 0 Å². The lowest BCUT2D eigenvalue weighted by Gasteiger charge is -2.10. The SMILES string of the molecule is O=C(CCCSc1nnc(-c2ccccc2)n1-c1ccccc1)NC1CC1. The zero-order valence-corrected chi connectivity index (χ0v) is 15.9. The van der Waals surface area contributed by atoms with E-state index in [1.807, 2.05) is 48.5 Å². The molecule has 0 spiro atoms. The molecule has 1 N–H and O–H groups in total. The van der Waals surface area contributed by atoms with Gasteiger partial charge in [-0.2, -0.15) is 0 Å². The van der Waals surface area contributed by atoms with E-state index in [1.54, 1.807) is 11.8 Å².